The van der Waals surface area contributed by atoms with Gasteiger partial charge in [-0.05, 0) is 24.3 Å². The monoisotopic (exact) mass is 483 g/mol. The molecule has 31 heavy (non-hydrogen) atoms. The summed E-state index contributed by atoms with van der Waals surface area (Å²) in [5, 5.41) is 31.2. The lowest BCUT2D eigenvalue weighted by molar-refractivity contribution is -0.136. The van der Waals surface area contributed by atoms with E-state index in [2.05, 4.69) is 11.9 Å². The molecule has 8 heteroatoms. The Bertz CT molecular complexity index is 810. The average Bonchev–Trinajstić information content (AvgIpc) is 3.15. The van der Waals surface area contributed by atoms with Crippen molar-refractivity contribution in [1.29, 1.82) is 0 Å². The lowest BCUT2D eigenvalue weighted by Gasteiger charge is -2.09. The second-order valence-corrected chi connectivity index (χ2v) is 10.9. The van der Waals surface area contributed by atoms with Gasteiger partial charge >= 0.3 is 5.97 Å². The van der Waals surface area contributed by atoms with Crippen LogP contribution in [0.25, 0.3) is 0 Å². The van der Waals surface area contributed by atoms with Crippen molar-refractivity contribution in [1.82, 2.24) is 4.98 Å². The Morgan fingerprint density at radius 3 is 2.16 bits per heavy atom. The van der Waals surface area contributed by atoms with E-state index in [-0.39, 0.29) is 17.9 Å². The fourth-order valence-corrected chi connectivity index (χ4v) is 5.98. The molecule has 5 nitrogen and oxygen atoms in total. The molecule has 0 saturated carbocycles. The summed E-state index contributed by atoms with van der Waals surface area (Å²) in [5.74, 6) is 0.246. The molecule has 3 N–H and O–H groups in total. The molecule has 1 heterocycles. The summed E-state index contributed by atoms with van der Waals surface area (Å²) < 4.78 is 0.636. The second kappa shape index (κ2) is 14.6. The number of carboxylic acid groups (broad SMARTS) is 1. The number of aliphatic carboxylic acids is 1. The van der Waals surface area contributed by atoms with Crippen LogP contribution in [0.2, 0.25) is 0 Å². The largest absolute Gasteiger partial charge is 0.507 e. The Kier molecular flexibility index (Phi) is 12.2. The van der Waals surface area contributed by atoms with Crippen LogP contribution < -0.4 is 0 Å². The van der Waals surface area contributed by atoms with E-state index in [0.717, 1.165) is 12.2 Å². The van der Waals surface area contributed by atoms with Crippen molar-refractivity contribution in [3.05, 3.63) is 23.2 Å². The summed E-state index contributed by atoms with van der Waals surface area (Å²) in [6.07, 6.45) is 12.8. The maximum Gasteiger partial charge on any atom is 0.309 e. The molecule has 0 fully saturated rings. The van der Waals surface area contributed by atoms with E-state index in [1.54, 1.807) is 29.3 Å². The minimum atomic E-state index is -0.925. The van der Waals surface area contributed by atoms with Gasteiger partial charge in [-0.25, -0.2) is 4.98 Å². The van der Waals surface area contributed by atoms with Crippen molar-refractivity contribution in [2.75, 3.05) is 5.75 Å². The molecule has 0 bridgehead atoms. The van der Waals surface area contributed by atoms with Crippen LogP contribution in [0.4, 0.5) is 0 Å². The molecular weight excluding hydrogens is 450 g/mol. The number of phenolic OH excluding ortho intramolecular Hbond substituents is 2. The first-order valence-corrected chi connectivity index (χ1v) is 13.7. The maximum atomic E-state index is 10.8. The van der Waals surface area contributed by atoms with Crippen molar-refractivity contribution in [2.45, 2.75) is 91.7 Å². The summed E-state index contributed by atoms with van der Waals surface area (Å²) in [5.41, 5.74) is 0.493. The summed E-state index contributed by atoms with van der Waals surface area (Å²) in [6.45, 7) is 2.25. The first-order valence-electron chi connectivity index (χ1n) is 11.0. The van der Waals surface area contributed by atoms with E-state index in [1.807, 2.05) is 0 Å². The van der Waals surface area contributed by atoms with Gasteiger partial charge in [0.1, 0.15) is 11.5 Å². The molecule has 0 unspecified atom stereocenters. The fourth-order valence-electron chi connectivity index (χ4n) is 3.17. The van der Waals surface area contributed by atoms with Crippen LogP contribution in [0.1, 0.15) is 76.8 Å². The topological polar surface area (TPSA) is 90.7 Å². The molecule has 0 radical (unpaired) electrons. The van der Waals surface area contributed by atoms with Gasteiger partial charge in [0.2, 0.25) is 0 Å². The number of hydrogen-bond acceptors (Lipinski definition) is 7. The van der Waals surface area contributed by atoms with Crippen molar-refractivity contribution < 1.29 is 20.1 Å². The van der Waals surface area contributed by atoms with E-state index >= 15 is 0 Å². The zero-order valence-electron chi connectivity index (χ0n) is 18.1. The van der Waals surface area contributed by atoms with Crippen LogP contribution in [0.5, 0.6) is 11.5 Å². The Labute approximate surface area is 197 Å². The third-order valence-corrected chi connectivity index (χ3v) is 8.02. The SMILES string of the molecule is CCCCCCCCCCCCSc1cc(O)c(Sc2nc(CC(=O)O)cs2)cc1O. The third kappa shape index (κ3) is 10.2. The standard InChI is InChI=1S/C23H33NO4S3/c1-2-3-4-5-6-7-8-9-10-11-12-29-20-14-19(26)21(15-18(20)25)31-23-24-17(16-30-23)13-22(27)28/h14-16,25-26H,2-13H2,1H3,(H,27,28). The predicted molar refractivity (Wildman–Crippen MR) is 130 cm³/mol. The highest BCUT2D eigenvalue weighted by Gasteiger charge is 2.13. The van der Waals surface area contributed by atoms with Gasteiger partial charge in [0.25, 0.3) is 0 Å². The molecule has 0 aliphatic heterocycles. The zero-order valence-corrected chi connectivity index (χ0v) is 20.6. The van der Waals surface area contributed by atoms with E-state index in [0.29, 0.717) is 19.8 Å². The van der Waals surface area contributed by atoms with Crippen LogP contribution in [0.15, 0.2) is 31.6 Å². The van der Waals surface area contributed by atoms with Gasteiger partial charge in [0.15, 0.2) is 4.34 Å². The number of rotatable bonds is 16. The molecule has 0 saturated heterocycles. The van der Waals surface area contributed by atoms with E-state index in [9.17, 15) is 15.0 Å². The molecule has 172 valence electrons. The van der Waals surface area contributed by atoms with Gasteiger partial charge in [-0.1, -0.05) is 76.5 Å². The molecular formula is C23H33NO4S3. The maximum absolute atomic E-state index is 10.8. The number of hydrogen-bond donors (Lipinski definition) is 3. The van der Waals surface area contributed by atoms with Crippen LogP contribution in [-0.2, 0) is 11.2 Å². The summed E-state index contributed by atoms with van der Waals surface area (Å²) in [6, 6.07) is 3.16. The zero-order chi connectivity index (χ0) is 22.5. The smallest absolute Gasteiger partial charge is 0.309 e. The molecule has 0 atom stereocenters. The summed E-state index contributed by atoms with van der Waals surface area (Å²) in [4.78, 5) is 16.2. The number of thioether (sulfide) groups is 1. The lowest BCUT2D eigenvalue weighted by atomic mass is 10.1. The quantitative estimate of drug-likeness (QED) is 0.131. The van der Waals surface area contributed by atoms with Crippen LogP contribution in [-0.4, -0.2) is 32.0 Å². The molecule has 2 aromatic rings. The molecule has 0 spiro atoms. The number of benzene rings is 1. The molecule has 0 aliphatic rings. The van der Waals surface area contributed by atoms with Crippen molar-refractivity contribution in [3.8, 4) is 11.5 Å². The van der Waals surface area contributed by atoms with E-state index in [1.165, 1.54) is 80.9 Å². The van der Waals surface area contributed by atoms with Gasteiger partial charge in [-0.3, -0.25) is 4.79 Å². The first-order chi connectivity index (χ1) is 15.0. The second-order valence-electron chi connectivity index (χ2n) is 7.60. The van der Waals surface area contributed by atoms with Gasteiger partial charge in [0, 0.05) is 5.38 Å². The minimum absolute atomic E-state index is 0.100. The Morgan fingerprint density at radius 2 is 1.52 bits per heavy atom. The summed E-state index contributed by atoms with van der Waals surface area (Å²) >= 11 is 4.12. The normalized spacial score (nSPS) is 11.1. The van der Waals surface area contributed by atoms with Crippen molar-refractivity contribution >= 4 is 40.8 Å². The number of carboxylic acids is 1. The lowest BCUT2D eigenvalue weighted by Crippen LogP contribution is -1.99. The van der Waals surface area contributed by atoms with Crippen molar-refractivity contribution in [2.24, 2.45) is 0 Å². The Morgan fingerprint density at radius 1 is 0.935 bits per heavy atom. The van der Waals surface area contributed by atoms with Gasteiger partial charge in [-0.15, -0.1) is 23.1 Å². The fraction of sp³-hybridized carbons (Fsp3) is 0.565. The molecule has 1 aromatic heterocycles. The summed E-state index contributed by atoms with van der Waals surface area (Å²) in [7, 11) is 0. The van der Waals surface area contributed by atoms with Crippen LogP contribution in [0, 0.1) is 0 Å². The van der Waals surface area contributed by atoms with Gasteiger partial charge < -0.3 is 15.3 Å². The number of thiazole rings is 1. The van der Waals surface area contributed by atoms with Gasteiger partial charge in [-0.2, -0.15) is 0 Å². The minimum Gasteiger partial charge on any atom is -0.507 e. The number of unbranched alkanes of at least 4 members (excludes halogenated alkanes) is 9. The average molecular weight is 484 g/mol. The molecule has 0 aliphatic carbocycles. The highest BCUT2D eigenvalue weighted by atomic mass is 32.2. The Balaban J connectivity index is 1.69. The van der Waals surface area contributed by atoms with Crippen LogP contribution >= 0.6 is 34.9 Å². The highest BCUT2D eigenvalue weighted by molar-refractivity contribution is 8.01. The highest BCUT2D eigenvalue weighted by Crippen LogP contribution is 2.42. The van der Waals surface area contributed by atoms with E-state index in [4.69, 9.17) is 5.11 Å². The van der Waals surface area contributed by atoms with Crippen molar-refractivity contribution in [3.63, 3.8) is 0 Å². The molecule has 0 amide bonds. The number of phenols is 2. The van der Waals surface area contributed by atoms with E-state index < -0.39 is 5.97 Å². The third-order valence-electron chi connectivity index (χ3n) is 4.86. The first kappa shape index (κ1) is 25.9. The number of aromatic hydroxyl groups is 2. The molecule has 2 rings (SSSR count). The number of nitrogens with zero attached hydrogens (tertiary/aromatic N) is 1. The Hall–Kier alpha value is -1.38. The number of aromatic nitrogens is 1. The van der Waals surface area contributed by atoms with Gasteiger partial charge in [0.05, 0.1) is 21.9 Å². The molecule has 1 aromatic carbocycles. The predicted octanol–water partition coefficient (Wildman–Crippen LogP) is 7.35. The van der Waals surface area contributed by atoms with Crippen LogP contribution in [0.3, 0.4) is 0 Å². The number of carbonyl (C=O) groups is 1.